The average molecular weight is 430 g/mol. The molecule has 0 amide bonds. The van der Waals surface area contributed by atoms with Crippen LogP contribution in [-0.2, 0) is 27.8 Å². The summed E-state index contributed by atoms with van der Waals surface area (Å²) >= 11 is 0. The second kappa shape index (κ2) is 9.88. The first-order valence-electron chi connectivity index (χ1n) is 9.63. The van der Waals surface area contributed by atoms with Crippen molar-refractivity contribution in [1.82, 2.24) is 13.9 Å². The van der Waals surface area contributed by atoms with Crippen LogP contribution >= 0.6 is 0 Å². The molecule has 0 bridgehead atoms. The molecule has 0 fully saturated rings. The fraction of sp³-hybridized carbons (Fsp3) is 0.318. The van der Waals surface area contributed by atoms with Crippen molar-refractivity contribution in [2.75, 3.05) is 27.4 Å². The van der Waals surface area contributed by atoms with Gasteiger partial charge < -0.3 is 14.0 Å². The lowest BCUT2D eigenvalue weighted by molar-refractivity contribution is 0.176. The monoisotopic (exact) mass is 429 g/mol. The van der Waals surface area contributed by atoms with Gasteiger partial charge >= 0.3 is 0 Å². The van der Waals surface area contributed by atoms with E-state index in [0.29, 0.717) is 18.1 Å². The van der Waals surface area contributed by atoms with Crippen LogP contribution in [0.4, 0.5) is 0 Å². The number of sulfonamides is 1. The third-order valence-electron chi connectivity index (χ3n) is 4.96. The van der Waals surface area contributed by atoms with E-state index in [0.717, 1.165) is 0 Å². The normalized spacial score (nSPS) is 11.7. The van der Waals surface area contributed by atoms with E-state index < -0.39 is 10.0 Å². The van der Waals surface area contributed by atoms with Crippen molar-refractivity contribution < 1.29 is 17.9 Å². The first kappa shape index (κ1) is 22.0. The maximum absolute atomic E-state index is 13.3. The standard InChI is InChI=1S/C22H27N3O4S/c1-18-6-4-5-7-19(18)16-24-13-12-23-22(24)17-25(14-15-28-2)30(26,27)21-10-8-20(29-3)9-11-21/h4-13H,14-17H2,1-3H3. The number of ether oxygens (including phenoxy) is 2. The number of hydrogen-bond donors (Lipinski definition) is 0. The van der Waals surface area contributed by atoms with Gasteiger partial charge in [0.2, 0.25) is 10.0 Å². The molecule has 0 radical (unpaired) electrons. The molecule has 3 aromatic rings. The van der Waals surface area contributed by atoms with Crippen LogP contribution in [0.3, 0.4) is 0 Å². The van der Waals surface area contributed by atoms with E-state index >= 15 is 0 Å². The number of imidazole rings is 1. The van der Waals surface area contributed by atoms with E-state index in [2.05, 4.69) is 24.0 Å². The lowest BCUT2D eigenvalue weighted by Gasteiger charge is -2.22. The molecule has 3 rings (SSSR count). The zero-order valence-corrected chi connectivity index (χ0v) is 18.3. The summed E-state index contributed by atoms with van der Waals surface area (Å²) in [6.07, 6.45) is 3.57. The van der Waals surface area contributed by atoms with Crippen molar-refractivity contribution in [2.24, 2.45) is 0 Å². The molecule has 0 aliphatic heterocycles. The third-order valence-corrected chi connectivity index (χ3v) is 6.82. The zero-order chi connectivity index (χ0) is 21.6. The average Bonchev–Trinajstić information content (AvgIpc) is 3.19. The van der Waals surface area contributed by atoms with Gasteiger partial charge in [-0.25, -0.2) is 13.4 Å². The minimum Gasteiger partial charge on any atom is -0.497 e. The van der Waals surface area contributed by atoms with Crippen LogP contribution < -0.4 is 4.74 Å². The maximum atomic E-state index is 13.3. The molecule has 0 saturated heterocycles. The summed E-state index contributed by atoms with van der Waals surface area (Å²) in [5, 5.41) is 0. The Labute approximate surface area is 177 Å². The maximum Gasteiger partial charge on any atom is 0.243 e. The highest BCUT2D eigenvalue weighted by Crippen LogP contribution is 2.21. The summed E-state index contributed by atoms with van der Waals surface area (Å²) in [7, 11) is -0.631. The molecule has 7 nitrogen and oxygen atoms in total. The third kappa shape index (κ3) is 5.08. The van der Waals surface area contributed by atoms with Crippen LogP contribution in [0.15, 0.2) is 65.8 Å². The van der Waals surface area contributed by atoms with Crippen LogP contribution in [0.5, 0.6) is 5.75 Å². The Balaban J connectivity index is 1.87. The van der Waals surface area contributed by atoms with Crippen molar-refractivity contribution in [3.8, 4) is 5.75 Å². The summed E-state index contributed by atoms with van der Waals surface area (Å²) in [4.78, 5) is 4.63. The SMILES string of the molecule is COCCN(Cc1nccn1Cc1ccccc1C)S(=O)(=O)c1ccc(OC)cc1. The molecular weight excluding hydrogens is 402 g/mol. The lowest BCUT2D eigenvalue weighted by Crippen LogP contribution is -2.34. The summed E-state index contributed by atoms with van der Waals surface area (Å²) < 4.78 is 40.2. The minimum atomic E-state index is -3.73. The molecule has 0 N–H and O–H groups in total. The summed E-state index contributed by atoms with van der Waals surface area (Å²) in [5.74, 6) is 1.28. The first-order valence-corrected chi connectivity index (χ1v) is 11.1. The highest BCUT2D eigenvalue weighted by Gasteiger charge is 2.26. The number of benzene rings is 2. The van der Waals surface area contributed by atoms with E-state index in [4.69, 9.17) is 9.47 Å². The van der Waals surface area contributed by atoms with E-state index in [1.54, 1.807) is 44.7 Å². The van der Waals surface area contributed by atoms with Gasteiger partial charge in [0.15, 0.2) is 0 Å². The number of nitrogens with zero attached hydrogens (tertiary/aromatic N) is 3. The summed E-state index contributed by atoms with van der Waals surface area (Å²) in [6, 6.07) is 14.5. The molecule has 1 heterocycles. The summed E-state index contributed by atoms with van der Waals surface area (Å²) in [6.45, 7) is 3.35. The van der Waals surface area contributed by atoms with Gasteiger partial charge in [-0.2, -0.15) is 4.31 Å². The second-order valence-electron chi connectivity index (χ2n) is 6.90. The molecule has 0 aliphatic carbocycles. The fourth-order valence-electron chi connectivity index (χ4n) is 3.14. The van der Waals surface area contributed by atoms with Gasteiger partial charge in [-0.3, -0.25) is 0 Å². The van der Waals surface area contributed by atoms with Crippen LogP contribution in [-0.4, -0.2) is 49.6 Å². The fourth-order valence-corrected chi connectivity index (χ4v) is 4.52. The van der Waals surface area contributed by atoms with Gasteiger partial charge in [-0.1, -0.05) is 24.3 Å². The molecular formula is C22H27N3O4S. The summed E-state index contributed by atoms with van der Waals surface area (Å²) in [5.41, 5.74) is 2.34. The Hall–Kier alpha value is -2.68. The largest absolute Gasteiger partial charge is 0.497 e. The Bertz CT molecular complexity index is 1060. The van der Waals surface area contributed by atoms with Crippen LogP contribution in [0, 0.1) is 6.92 Å². The number of methoxy groups -OCH3 is 2. The van der Waals surface area contributed by atoms with Crippen molar-refractivity contribution >= 4 is 10.0 Å². The Morgan fingerprint density at radius 2 is 1.80 bits per heavy atom. The Kier molecular flexibility index (Phi) is 7.25. The number of hydrogen-bond acceptors (Lipinski definition) is 5. The molecule has 2 aromatic carbocycles. The van der Waals surface area contributed by atoms with Crippen molar-refractivity contribution in [3.05, 3.63) is 77.9 Å². The number of rotatable bonds is 10. The topological polar surface area (TPSA) is 73.7 Å². The number of aryl methyl sites for hydroxylation is 1. The van der Waals surface area contributed by atoms with Gasteiger partial charge in [0, 0.05) is 32.6 Å². The predicted molar refractivity (Wildman–Crippen MR) is 115 cm³/mol. The Morgan fingerprint density at radius 3 is 2.47 bits per heavy atom. The van der Waals surface area contributed by atoms with Gasteiger partial charge in [0.1, 0.15) is 11.6 Å². The molecule has 30 heavy (non-hydrogen) atoms. The van der Waals surface area contributed by atoms with Crippen molar-refractivity contribution in [2.45, 2.75) is 24.9 Å². The molecule has 0 aliphatic rings. The van der Waals surface area contributed by atoms with Crippen LogP contribution in [0.25, 0.3) is 0 Å². The van der Waals surface area contributed by atoms with Crippen LogP contribution in [0.2, 0.25) is 0 Å². The molecule has 8 heteroatoms. The molecule has 0 atom stereocenters. The van der Waals surface area contributed by atoms with E-state index in [-0.39, 0.29) is 24.6 Å². The molecule has 0 unspecified atom stereocenters. The lowest BCUT2D eigenvalue weighted by atomic mass is 10.1. The Morgan fingerprint density at radius 1 is 1.07 bits per heavy atom. The first-order chi connectivity index (χ1) is 14.5. The highest BCUT2D eigenvalue weighted by molar-refractivity contribution is 7.89. The molecule has 1 aromatic heterocycles. The number of aromatic nitrogens is 2. The zero-order valence-electron chi connectivity index (χ0n) is 17.5. The smallest absolute Gasteiger partial charge is 0.243 e. The van der Waals surface area contributed by atoms with E-state index in [9.17, 15) is 8.42 Å². The molecule has 160 valence electrons. The minimum absolute atomic E-state index is 0.149. The van der Waals surface area contributed by atoms with E-state index in [1.165, 1.54) is 15.4 Å². The van der Waals surface area contributed by atoms with E-state index in [1.807, 2.05) is 22.9 Å². The second-order valence-corrected chi connectivity index (χ2v) is 8.84. The highest BCUT2D eigenvalue weighted by atomic mass is 32.2. The van der Waals surface area contributed by atoms with Gasteiger partial charge in [0.25, 0.3) is 0 Å². The van der Waals surface area contributed by atoms with Crippen molar-refractivity contribution in [1.29, 1.82) is 0 Å². The van der Waals surface area contributed by atoms with Gasteiger partial charge in [0.05, 0.1) is 25.2 Å². The van der Waals surface area contributed by atoms with Gasteiger partial charge in [-0.05, 0) is 42.3 Å². The molecule has 0 spiro atoms. The quantitative estimate of drug-likeness (QED) is 0.495. The van der Waals surface area contributed by atoms with Crippen molar-refractivity contribution in [3.63, 3.8) is 0 Å². The predicted octanol–water partition coefficient (Wildman–Crippen LogP) is 3.09. The van der Waals surface area contributed by atoms with Gasteiger partial charge in [-0.15, -0.1) is 0 Å². The van der Waals surface area contributed by atoms with Crippen LogP contribution in [0.1, 0.15) is 17.0 Å². The molecule has 0 saturated carbocycles.